The Kier molecular flexibility index (Phi) is 1.36. The van der Waals surface area contributed by atoms with E-state index in [1.807, 2.05) is 0 Å². The van der Waals surface area contributed by atoms with Crippen LogP contribution in [0.25, 0.3) is 0 Å². The number of carbonyl (C=O) groups is 2. The highest BCUT2D eigenvalue weighted by molar-refractivity contribution is 6.29. The minimum absolute atomic E-state index is 0.0270. The van der Waals surface area contributed by atoms with Crippen LogP contribution in [-0.2, 0) is 9.59 Å². The molecule has 10 heavy (non-hydrogen) atoms. The maximum Gasteiger partial charge on any atom is 0.322 e. The molecule has 0 radical (unpaired) electrons. The fourth-order valence-corrected chi connectivity index (χ4v) is 1.19. The summed E-state index contributed by atoms with van der Waals surface area (Å²) in [6, 6.07) is 0. The Labute approximate surface area is 61.4 Å². The predicted molar refractivity (Wildman–Crippen MR) is 32.0 cm³/mol. The molecule has 0 aliphatic heterocycles. The second-order valence-electron chi connectivity index (χ2n) is 2.25. The summed E-state index contributed by atoms with van der Waals surface area (Å²) < 4.78 is 0. The van der Waals surface area contributed by atoms with E-state index < -0.39 is 22.7 Å². The molecule has 0 aromatic heterocycles. The third kappa shape index (κ3) is 0.686. The molecule has 0 amide bonds. The van der Waals surface area contributed by atoms with Crippen molar-refractivity contribution in [1.82, 2.24) is 0 Å². The molecule has 0 spiro atoms. The molecule has 1 rings (SSSR count). The fourth-order valence-electron chi connectivity index (χ4n) is 0.758. The van der Waals surface area contributed by atoms with Gasteiger partial charge >= 0.3 is 11.9 Å². The first-order chi connectivity index (χ1) is 4.51. The van der Waals surface area contributed by atoms with Gasteiger partial charge in [-0.1, -0.05) is 0 Å². The molecule has 1 fully saturated rings. The first kappa shape index (κ1) is 7.34. The van der Waals surface area contributed by atoms with Crippen LogP contribution in [0.5, 0.6) is 0 Å². The van der Waals surface area contributed by atoms with E-state index in [4.69, 9.17) is 21.8 Å². The van der Waals surface area contributed by atoms with Crippen molar-refractivity contribution in [1.29, 1.82) is 0 Å². The Morgan fingerprint density at radius 1 is 1.40 bits per heavy atom. The molecule has 56 valence electrons. The zero-order valence-corrected chi connectivity index (χ0v) is 5.63. The van der Waals surface area contributed by atoms with Gasteiger partial charge in [-0.3, -0.25) is 9.59 Å². The van der Waals surface area contributed by atoms with Crippen LogP contribution in [0.4, 0.5) is 0 Å². The van der Waals surface area contributed by atoms with E-state index in [1.165, 1.54) is 0 Å². The summed E-state index contributed by atoms with van der Waals surface area (Å²) in [4.78, 5) is 20.5. The second kappa shape index (κ2) is 1.85. The van der Waals surface area contributed by atoms with E-state index in [0.29, 0.717) is 0 Å². The predicted octanol–water partition coefficient (Wildman–Crippen LogP) is 0.153. The highest BCUT2D eigenvalue weighted by Crippen LogP contribution is 2.50. The maximum atomic E-state index is 10.3. The molecule has 1 aliphatic rings. The van der Waals surface area contributed by atoms with Gasteiger partial charge in [-0.25, -0.2) is 0 Å². The standard InChI is InChI=1S/C5H5ClO4/c6-2-1-5(2,3(7)8)4(9)10/h2H,1H2,(H,7,8)(H,9,10). The van der Waals surface area contributed by atoms with Gasteiger partial charge in [-0.05, 0) is 6.42 Å². The Balaban J connectivity index is 2.83. The minimum Gasteiger partial charge on any atom is -0.480 e. The van der Waals surface area contributed by atoms with Crippen molar-refractivity contribution in [3.05, 3.63) is 0 Å². The molecule has 1 aliphatic carbocycles. The maximum absolute atomic E-state index is 10.3. The van der Waals surface area contributed by atoms with E-state index in [9.17, 15) is 9.59 Å². The SMILES string of the molecule is O=C(O)C1(C(=O)O)CC1Cl. The average Bonchev–Trinajstić information content (AvgIpc) is 2.42. The molecular formula is C5H5ClO4. The number of carboxylic acids is 2. The molecule has 0 saturated heterocycles. The molecule has 5 heteroatoms. The molecule has 1 unspecified atom stereocenters. The van der Waals surface area contributed by atoms with Gasteiger partial charge in [0, 0.05) is 0 Å². The van der Waals surface area contributed by atoms with Gasteiger partial charge in [0.2, 0.25) is 0 Å². The van der Waals surface area contributed by atoms with Crippen molar-refractivity contribution in [2.75, 3.05) is 0 Å². The van der Waals surface area contributed by atoms with Gasteiger partial charge in [-0.15, -0.1) is 11.6 Å². The number of alkyl halides is 1. The summed E-state index contributed by atoms with van der Waals surface area (Å²) in [5, 5.41) is 16.0. The van der Waals surface area contributed by atoms with E-state index in [2.05, 4.69) is 0 Å². The molecule has 1 saturated carbocycles. The summed E-state index contributed by atoms with van der Waals surface area (Å²) in [5.74, 6) is -2.69. The van der Waals surface area contributed by atoms with Gasteiger partial charge in [-0.2, -0.15) is 0 Å². The lowest BCUT2D eigenvalue weighted by atomic mass is 10.1. The molecule has 0 aromatic carbocycles. The molecular weight excluding hydrogens is 160 g/mol. The Bertz CT molecular complexity index is 186. The first-order valence-corrected chi connectivity index (χ1v) is 3.06. The van der Waals surface area contributed by atoms with Crippen molar-refractivity contribution in [2.45, 2.75) is 11.8 Å². The Morgan fingerprint density at radius 3 is 1.70 bits per heavy atom. The van der Waals surface area contributed by atoms with Crippen molar-refractivity contribution in [3.8, 4) is 0 Å². The first-order valence-electron chi connectivity index (χ1n) is 2.62. The quantitative estimate of drug-likeness (QED) is 0.450. The van der Waals surface area contributed by atoms with Crippen LogP contribution in [0.15, 0.2) is 0 Å². The zero-order chi connectivity index (χ0) is 7.94. The molecule has 0 aromatic rings. The largest absolute Gasteiger partial charge is 0.480 e. The summed E-state index contributed by atoms with van der Waals surface area (Å²) in [6.45, 7) is 0. The number of carboxylic acid groups (broad SMARTS) is 2. The fraction of sp³-hybridized carbons (Fsp3) is 0.600. The zero-order valence-electron chi connectivity index (χ0n) is 4.87. The van der Waals surface area contributed by atoms with Gasteiger partial charge in [0.25, 0.3) is 0 Å². The van der Waals surface area contributed by atoms with E-state index in [0.717, 1.165) is 0 Å². The summed E-state index contributed by atoms with van der Waals surface area (Å²) in [5.41, 5.74) is -1.69. The van der Waals surface area contributed by atoms with Crippen LogP contribution in [-0.4, -0.2) is 27.5 Å². The van der Waals surface area contributed by atoms with E-state index in [-0.39, 0.29) is 6.42 Å². The number of rotatable bonds is 2. The van der Waals surface area contributed by atoms with Crippen LogP contribution in [0.1, 0.15) is 6.42 Å². The number of hydrogen-bond donors (Lipinski definition) is 2. The van der Waals surface area contributed by atoms with Gasteiger partial charge < -0.3 is 10.2 Å². The van der Waals surface area contributed by atoms with E-state index in [1.54, 1.807) is 0 Å². The number of aliphatic carboxylic acids is 2. The molecule has 0 heterocycles. The van der Waals surface area contributed by atoms with Crippen molar-refractivity contribution in [2.24, 2.45) is 5.41 Å². The summed E-state index contributed by atoms with van der Waals surface area (Å²) >= 11 is 5.34. The van der Waals surface area contributed by atoms with Crippen LogP contribution in [0.3, 0.4) is 0 Å². The molecule has 0 bridgehead atoms. The monoisotopic (exact) mass is 164 g/mol. The smallest absolute Gasteiger partial charge is 0.322 e. The van der Waals surface area contributed by atoms with Crippen LogP contribution >= 0.6 is 11.6 Å². The second-order valence-corrected chi connectivity index (χ2v) is 2.78. The highest BCUT2D eigenvalue weighted by atomic mass is 35.5. The van der Waals surface area contributed by atoms with Gasteiger partial charge in [0.1, 0.15) is 0 Å². The highest BCUT2D eigenvalue weighted by Gasteiger charge is 2.66. The van der Waals surface area contributed by atoms with Crippen molar-refractivity contribution >= 4 is 23.5 Å². The van der Waals surface area contributed by atoms with Crippen LogP contribution in [0.2, 0.25) is 0 Å². The topological polar surface area (TPSA) is 74.6 Å². The van der Waals surface area contributed by atoms with Crippen molar-refractivity contribution in [3.63, 3.8) is 0 Å². The summed E-state index contributed by atoms with van der Waals surface area (Å²) in [6.07, 6.45) is 0.0270. The normalized spacial score (nSPS) is 27.5. The lowest BCUT2D eigenvalue weighted by Gasteiger charge is -2.00. The summed E-state index contributed by atoms with van der Waals surface area (Å²) in [7, 11) is 0. The third-order valence-electron chi connectivity index (χ3n) is 1.64. The van der Waals surface area contributed by atoms with Gasteiger partial charge in [0.05, 0.1) is 5.38 Å². The van der Waals surface area contributed by atoms with E-state index >= 15 is 0 Å². The number of halogens is 1. The van der Waals surface area contributed by atoms with Crippen LogP contribution in [0, 0.1) is 5.41 Å². The molecule has 4 nitrogen and oxygen atoms in total. The average molecular weight is 165 g/mol. The van der Waals surface area contributed by atoms with Gasteiger partial charge in [0.15, 0.2) is 5.41 Å². The lowest BCUT2D eigenvalue weighted by molar-refractivity contribution is -0.156. The van der Waals surface area contributed by atoms with Crippen LogP contribution < -0.4 is 0 Å². The molecule has 1 atom stereocenters. The Morgan fingerprint density at radius 2 is 1.70 bits per heavy atom. The minimum atomic E-state index is -1.69. The lowest BCUT2D eigenvalue weighted by Crippen LogP contribution is -2.27. The van der Waals surface area contributed by atoms with Crippen molar-refractivity contribution < 1.29 is 19.8 Å². The Hall–Kier alpha value is -0.770. The third-order valence-corrected chi connectivity index (χ3v) is 2.17. The molecule has 2 N–H and O–H groups in total. The number of hydrogen-bond acceptors (Lipinski definition) is 2.